The number of carbonyl (C=O) groups is 1. The van der Waals surface area contributed by atoms with Crippen molar-refractivity contribution in [3.63, 3.8) is 0 Å². The largest absolute Gasteiger partial charge is 0.494 e. The molecule has 0 aliphatic carbocycles. The monoisotopic (exact) mass is 292 g/mol. The van der Waals surface area contributed by atoms with Crippen LogP contribution in [0.25, 0.3) is 0 Å². The first-order valence-electron chi connectivity index (χ1n) is 7.79. The van der Waals surface area contributed by atoms with Gasteiger partial charge in [-0.25, -0.2) is 0 Å². The molecule has 0 heterocycles. The molecule has 21 heavy (non-hydrogen) atoms. The molecule has 0 spiro atoms. The van der Waals surface area contributed by atoms with Crippen molar-refractivity contribution in [2.45, 2.75) is 39.0 Å². The fourth-order valence-electron chi connectivity index (χ4n) is 2.02. The number of amides is 1. The van der Waals surface area contributed by atoms with Crippen LogP contribution < -0.4 is 10.1 Å². The van der Waals surface area contributed by atoms with Gasteiger partial charge in [0.25, 0.3) is 0 Å². The molecule has 0 saturated carbocycles. The molecule has 0 saturated heterocycles. The third kappa shape index (κ3) is 8.35. The summed E-state index contributed by atoms with van der Waals surface area (Å²) in [6.07, 6.45) is 6.19. The molecule has 1 rings (SSSR count). The number of nitrogens with one attached hydrogen (secondary N) is 1. The van der Waals surface area contributed by atoms with E-state index in [0.717, 1.165) is 24.5 Å². The fourth-order valence-corrected chi connectivity index (χ4v) is 2.02. The summed E-state index contributed by atoms with van der Waals surface area (Å²) in [6.45, 7) is 3.36. The zero-order valence-electron chi connectivity index (χ0n) is 13.5. The summed E-state index contributed by atoms with van der Waals surface area (Å²) in [5, 5.41) is 2.85. The van der Waals surface area contributed by atoms with E-state index in [1.54, 1.807) is 0 Å². The number of hydrogen-bond donors (Lipinski definition) is 1. The SMILES string of the molecule is CCCCCCCOc1ccc(NC(=O)CN(C)C)cc1. The number of hydrogen-bond acceptors (Lipinski definition) is 3. The third-order valence-electron chi connectivity index (χ3n) is 3.11. The number of likely N-dealkylation sites (N-methyl/N-ethyl adjacent to an activating group) is 1. The molecule has 4 heteroatoms. The maximum Gasteiger partial charge on any atom is 0.238 e. The van der Waals surface area contributed by atoms with Crippen molar-refractivity contribution in [2.75, 3.05) is 32.6 Å². The molecule has 0 aliphatic rings. The summed E-state index contributed by atoms with van der Waals surface area (Å²) in [4.78, 5) is 13.5. The average molecular weight is 292 g/mol. The van der Waals surface area contributed by atoms with Gasteiger partial charge < -0.3 is 15.0 Å². The second-order valence-electron chi connectivity index (χ2n) is 5.57. The standard InChI is InChI=1S/C17H28N2O2/c1-4-5-6-7-8-13-21-16-11-9-15(10-12-16)18-17(20)14-19(2)3/h9-12H,4-8,13-14H2,1-3H3,(H,18,20). The molecule has 1 aromatic rings. The minimum absolute atomic E-state index is 0.00964. The number of anilines is 1. The lowest BCUT2D eigenvalue weighted by atomic mass is 10.2. The van der Waals surface area contributed by atoms with E-state index in [1.807, 2.05) is 43.3 Å². The molecule has 4 nitrogen and oxygen atoms in total. The summed E-state index contributed by atoms with van der Waals surface area (Å²) >= 11 is 0. The number of carbonyl (C=O) groups excluding carboxylic acids is 1. The molecule has 0 bridgehead atoms. The van der Waals surface area contributed by atoms with Gasteiger partial charge in [-0.05, 0) is 44.8 Å². The Balaban J connectivity index is 2.25. The number of benzene rings is 1. The Labute approximate surface area is 128 Å². The number of unbranched alkanes of at least 4 members (excludes halogenated alkanes) is 4. The predicted molar refractivity (Wildman–Crippen MR) is 87.9 cm³/mol. The Hall–Kier alpha value is -1.55. The third-order valence-corrected chi connectivity index (χ3v) is 3.11. The number of ether oxygens (including phenoxy) is 1. The van der Waals surface area contributed by atoms with Crippen molar-refractivity contribution in [2.24, 2.45) is 0 Å². The maximum absolute atomic E-state index is 11.6. The summed E-state index contributed by atoms with van der Waals surface area (Å²) in [5.41, 5.74) is 0.803. The summed E-state index contributed by atoms with van der Waals surface area (Å²) in [5.74, 6) is 0.848. The van der Waals surface area contributed by atoms with Gasteiger partial charge in [0.1, 0.15) is 5.75 Å². The predicted octanol–water partition coefficient (Wildman–Crippen LogP) is 3.54. The summed E-state index contributed by atoms with van der Waals surface area (Å²) in [6, 6.07) is 7.55. The van der Waals surface area contributed by atoms with Crippen LogP contribution in [-0.2, 0) is 4.79 Å². The minimum Gasteiger partial charge on any atom is -0.494 e. The van der Waals surface area contributed by atoms with Crippen molar-refractivity contribution in [1.82, 2.24) is 4.90 Å². The molecular formula is C17H28N2O2. The van der Waals surface area contributed by atoms with E-state index in [2.05, 4.69) is 12.2 Å². The van der Waals surface area contributed by atoms with E-state index >= 15 is 0 Å². The van der Waals surface area contributed by atoms with Gasteiger partial charge in [0.15, 0.2) is 0 Å². The van der Waals surface area contributed by atoms with Gasteiger partial charge in [-0.1, -0.05) is 32.6 Å². The van der Waals surface area contributed by atoms with Crippen LogP contribution in [0, 0.1) is 0 Å². The lowest BCUT2D eigenvalue weighted by Gasteiger charge is -2.11. The molecular weight excluding hydrogens is 264 g/mol. The van der Waals surface area contributed by atoms with E-state index in [1.165, 1.54) is 25.7 Å². The van der Waals surface area contributed by atoms with E-state index in [4.69, 9.17) is 4.74 Å². The average Bonchev–Trinajstić information content (AvgIpc) is 2.43. The van der Waals surface area contributed by atoms with E-state index < -0.39 is 0 Å². The van der Waals surface area contributed by atoms with Crippen molar-refractivity contribution in [3.05, 3.63) is 24.3 Å². The van der Waals surface area contributed by atoms with Gasteiger partial charge in [0.2, 0.25) is 5.91 Å². The highest BCUT2D eigenvalue weighted by molar-refractivity contribution is 5.92. The molecule has 0 atom stereocenters. The zero-order chi connectivity index (χ0) is 15.5. The van der Waals surface area contributed by atoms with Crippen molar-refractivity contribution >= 4 is 11.6 Å². The number of nitrogens with zero attached hydrogens (tertiary/aromatic N) is 1. The molecule has 0 aliphatic heterocycles. The first-order valence-corrected chi connectivity index (χ1v) is 7.79. The summed E-state index contributed by atoms with van der Waals surface area (Å²) in [7, 11) is 3.74. The highest BCUT2D eigenvalue weighted by Gasteiger charge is 2.03. The van der Waals surface area contributed by atoms with Crippen molar-refractivity contribution in [3.8, 4) is 5.75 Å². The van der Waals surface area contributed by atoms with Crippen LogP contribution in [0.5, 0.6) is 5.75 Å². The molecule has 0 aromatic heterocycles. The van der Waals surface area contributed by atoms with Crippen LogP contribution in [0.1, 0.15) is 39.0 Å². The molecule has 118 valence electrons. The van der Waals surface area contributed by atoms with Crippen molar-refractivity contribution in [1.29, 1.82) is 0 Å². The van der Waals surface area contributed by atoms with Gasteiger partial charge in [-0.15, -0.1) is 0 Å². The zero-order valence-corrected chi connectivity index (χ0v) is 13.5. The minimum atomic E-state index is -0.00964. The molecule has 1 N–H and O–H groups in total. The van der Waals surface area contributed by atoms with Crippen LogP contribution in [0.3, 0.4) is 0 Å². The van der Waals surface area contributed by atoms with Crippen LogP contribution in [0.4, 0.5) is 5.69 Å². The lowest BCUT2D eigenvalue weighted by molar-refractivity contribution is -0.116. The first-order chi connectivity index (χ1) is 10.1. The van der Waals surface area contributed by atoms with Gasteiger partial charge in [0, 0.05) is 5.69 Å². The quantitative estimate of drug-likeness (QED) is 0.671. The fraction of sp³-hybridized carbons (Fsp3) is 0.588. The lowest BCUT2D eigenvalue weighted by Crippen LogP contribution is -2.27. The molecule has 0 unspecified atom stereocenters. The molecule has 1 aromatic carbocycles. The van der Waals surface area contributed by atoms with Gasteiger partial charge >= 0.3 is 0 Å². The van der Waals surface area contributed by atoms with Crippen LogP contribution >= 0.6 is 0 Å². The smallest absolute Gasteiger partial charge is 0.238 e. The van der Waals surface area contributed by atoms with Gasteiger partial charge in [-0.3, -0.25) is 4.79 Å². The normalized spacial score (nSPS) is 10.7. The van der Waals surface area contributed by atoms with Crippen LogP contribution in [0.15, 0.2) is 24.3 Å². The van der Waals surface area contributed by atoms with Crippen LogP contribution in [-0.4, -0.2) is 38.1 Å². The van der Waals surface area contributed by atoms with E-state index in [0.29, 0.717) is 6.54 Å². The summed E-state index contributed by atoms with van der Waals surface area (Å²) < 4.78 is 5.69. The second kappa shape index (κ2) is 10.2. The molecule has 0 fully saturated rings. The molecule has 0 radical (unpaired) electrons. The van der Waals surface area contributed by atoms with Gasteiger partial charge in [0.05, 0.1) is 13.2 Å². The second-order valence-corrected chi connectivity index (χ2v) is 5.57. The Morgan fingerprint density at radius 3 is 2.38 bits per heavy atom. The van der Waals surface area contributed by atoms with Crippen molar-refractivity contribution < 1.29 is 9.53 Å². The Kier molecular flexibility index (Phi) is 8.51. The Morgan fingerprint density at radius 1 is 1.10 bits per heavy atom. The number of rotatable bonds is 10. The topological polar surface area (TPSA) is 41.6 Å². The van der Waals surface area contributed by atoms with Crippen LogP contribution in [0.2, 0.25) is 0 Å². The van der Waals surface area contributed by atoms with E-state index in [-0.39, 0.29) is 5.91 Å². The van der Waals surface area contributed by atoms with Gasteiger partial charge in [-0.2, -0.15) is 0 Å². The highest BCUT2D eigenvalue weighted by atomic mass is 16.5. The Morgan fingerprint density at radius 2 is 1.76 bits per heavy atom. The Bertz CT molecular complexity index is 402. The highest BCUT2D eigenvalue weighted by Crippen LogP contribution is 2.16. The molecule has 1 amide bonds. The first kappa shape index (κ1) is 17.5. The van der Waals surface area contributed by atoms with E-state index in [9.17, 15) is 4.79 Å². The maximum atomic E-state index is 11.6.